The predicted octanol–water partition coefficient (Wildman–Crippen LogP) is 1.98. The zero-order chi connectivity index (χ0) is 12.7. The molecule has 5 heteroatoms. The fraction of sp³-hybridized carbons (Fsp3) is 0.417. The standard InChI is InChI=1S/C12H16BrNO3/c1-9(7-16-2)14-12(15)8-17-11-5-3-10(13)4-6-11/h3-6,9H,7-8H2,1-2H3,(H,14,15)/t9-/m0/s1. The lowest BCUT2D eigenvalue weighted by molar-refractivity contribution is -0.124. The van der Waals surface area contributed by atoms with Gasteiger partial charge in [0.05, 0.1) is 6.61 Å². The molecule has 0 aliphatic rings. The Hall–Kier alpha value is -1.07. The molecule has 0 unspecified atom stereocenters. The van der Waals surface area contributed by atoms with Crippen LogP contribution in [0.25, 0.3) is 0 Å². The topological polar surface area (TPSA) is 47.6 Å². The van der Waals surface area contributed by atoms with Gasteiger partial charge in [0.2, 0.25) is 0 Å². The number of hydrogen-bond donors (Lipinski definition) is 1. The van der Waals surface area contributed by atoms with Crippen molar-refractivity contribution in [2.75, 3.05) is 20.3 Å². The van der Waals surface area contributed by atoms with Gasteiger partial charge >= 0.3 is 0 Å². The molecule has 0 radical (unpaired) electrons. The van der Waals surface area contributed by atoms with Crippen molar-refractivity contribution < 1.29 is 14.3 Å². The van der Waals surface area contributed by atoms with E-state index in [2.05, 4.69) is 21.2 Å². The lowest BCUT2D eigenvalue weighted by atomic mass is 10.3. The van der Waals surface area contributed by atoms with E-state index < -0.39 is 0 Å². The Morgan fingerprint density at radius 1 is 1.41 bits per heavy atom. The molecule has 0 saturated heterocycles. The first-order valence-corrected chi connectivity index (χ1v) is 6.08. The molecule has 1 aromatic rings. The van der Waals surface area contributed by atoms with Crippen LogP contribution < -0.4 is 10.1 Å². The maximum absolute atomic E-state index is 11.5. The number of ether oxygens (including phenoxy) is 2. The second-order valence-electron chi connectivity index (χ2n) is 3.67. The van der Waals surface area contributed by atoms with Gasteiger partial charge in [0.25, 0.3) is 5.91 Å². The van der Waals surface area contributed by atoms with Gasteiger partial charge in [-0.2, -0.15) is 0 Å². The second-order valence-corrected chi connectivity index (χ2v) is 4.58. The molecule has 4 nitrogen and oxygen atoms in total. The Morgan fingerprint density at radius 2 is 2.06 bits per heavy atom. The summed E-state index contributed by atoms with van der Waals surface area (Å²) in [6, 6.07) is 7.31. The van der Waals surface area contributed by atoms with E-state index in [0.717, 1.165) is 4.47 Å². The molecule has 0 fully saturated rings. The summed E-state index contributed by atoms with van der Waals surface area (Å²) in [6.45, 7) is 2.38. The maximum atomic E-state index is 11.5. The smallest absolute Gasteiger partial charge is 0.258 e. The van der Waals surface area contributed by atoms with Crippen molar-refractivity contribution in [3.05, 3.63) is 28.7 Å². The largest absolute Gasteiger partial charge is 0.484 e. The van der Waals surface area contributed by atoms with Gasteiger partial charge in [-0.05, 0) is 31.2 Å². The number of hydrogen-bond acceptors (Lipinski definition) is 3. The molecule has 1 N–H and O–H groups in total. The number of carbonyl (C=O) groups excluding carboxylic acids is 1. The van der Waals surface area contributed by atoms with Crippen molar-refractivity contribution in [2.45, 2.75) is 13.0 Å². The second kappa shape index (κ2) is 7.29. The van der Waals surface area contributed by atoms with Crippen molar-refractivity contribution in [2.24, 2.45) is 0 Å². The monoisotopic (exact) mass is 301 g/mol. The zero-order valence-corrected chi connectivity index (χ0v) is 11.5. The number of rotatable bonds is 6. The molecule has 94 valence electrons. The Bertz CT molecular complexity index is 353. The summed E-state index contributed by atoms with van der Waals surface area (Å²) in [6.07, 6.45) is 0. The van der Waals surface area contributed by atoms with Crippen LogP contribution in [-0.2, 0) is 9.53 Å². The number of nitrogens with one attached hydrogen (secondary N) is 1. The lowest BCUT2D eigenvalue weighted by Gasteiger charge is -2.13. The molecule has 0 aliphatic heterocycles. The van der Waals surface area contributed by atoms with Gasteiger partial charge < -0.3 is 14.8 Å². The summed E-state index contributed by atoms with van der Waals surface area (Å²) in [7, 11) is 1.60. The van der Waals surface area contributed by atoms with Crippen molar-refractivity contribution >= 4 is 21.8 Å². The highest BCUT2D eigenvalue weighted by molar-refractivity contribution is 9.10. The maximum Gasteiger partial charge on any atom is 0.258 e. The van der Waals surface area contributed by atoms with Crippen molar-refractivity contribution in [1.82, 2.24) is 5.32 Å². The van der Waals surface area contributed by atoms with E-state index in [0.29, 0.717) is 12.4 Å². The van der Waals surface area contributed by atoms with Gasteiger partial charge in [-0.25, -0.2) is 0 Å². The fourth-order valence-corrected chi connectivity index (χ4v) is 1.55. The minimum absolute atomic E-state index is 0.00961. The summed E-state index contributed by atoms with van der Waals surface area (Å²) >= 11 is 3.33. The highest BCUT2D eigenvalue weighted by Crippen LogP contribution is 2.15. The van der Waals surface area contributed by atoms with Crippen LogP contribution in [0.2, 0.25) is 0 Å². The van der Waals surface area contributed by atoms with Crippen LogP contribution in [0.15, 0.2) is 28.7 Å². The third kappa shape index (κ3) is 5.70. The summed E-state index contributed by atoms with van der Waals surface area (Å²) in [5.74, 6) is 0.514. The number of amides is 1. The number of halogens is 1. The third-order valence-electron chi connectivity index (χ3n) is 2.01. The van der Waals surface area contributed by atoms with Crippen molar-refractivity contribution in [1.29, 1.82) is 0 Å². The molecule has 1 aromatic carbocycles. The summed E-state index contributed by atoms with van der Waals surface area (Å²) < 4.78 is 11.2. The van der Waals surface area contributed by atoms with E-state index in [1.165, 1.54) is 0 Å². The average molecular weight is 302 g/mol. The lowest BCUT2D eigenvalue weighted by Crippen LogP contribution is -2.38. The Balaban J connectivity index is 2.30. The van der Waals surface area contributed by atoms with Gasteiger partial charge in [0, 0.05) is 17.6 Å². The highest BCUT2D eigenvalue weighted by atomic mass is 79.9. The molecule has 0 saturated carbocycles. The van der Waals surface area contributed by atoms with Crippen LogP contribution in [0.3, 0.4) is 0 Å². The molecular formula is C12H16BrNO3. The Labute approximate surface area is 109 Å². The van der Waals surface area contributed by atoms with Gasteiger partial charge in [-0.1, -0.05) is 15.9 Å². The normalized spacial score (nSPS) is 11.9. The number of benzene rings is 1. The van der Waals surface area contributed by atoms with Crippen LogP contribution in [-0.4, -0.2) is 32.3 Å². The first-order chi connectivity index (χ1) is 8.11. The van der Waals surface area contributed by atoms with Crippen LogP contribution in [0.1, 0.15) is 6.92 Å². The number of methoxy groups -OCH3 is 1. The van der Waals surface area contributed by atoms with Gasteiger partial charge in [-0.3, -0.25) is 4.79 Å². The minimum atomic E-state index is -0.155. The number of carbonyl (C=O) groups is 1. The third-order valence-corrected chi connectivity index (χ3v) is 2.54. The first kappa shape index (κ1) is 14.0. The molecule has 17 heavy (non-hydrogen) atoms. The highest BCUT2D eigenvalue weighted by Gasteiger charge is 2.07. The summed E-state index contributed by atoms with van der Waals surface area (Å²) in [5, 5.41) is 2.76. The zero-order valence-electron chi connectivity index (χ0n) is 9.90. The predicted molar refractivity (Wildman–Crippen MR) is 69.1 cm³/mol. The molecular weight excluding hydrogens is 286 g/mol. The van der Waals surface area contributed by atoms with Crippen LogP contribution in [0.4, 0.5) is 0 Å². The molecule has 0 aromatic heterocycles. The van der Waals surface area contributed by atoms with Gasteiger partial charge in [0.15, 0.2) is 6.61 Å². The molecule has 0 bridgehead atoms. The van der Waals surface area contributed by atoms with E-state index in [1.807, 2.05) is 19.1 Å². The van der Waals surface area contributed by atoms with Crippen LogP contribution in [0, 0.1) is 0 Å². The molecule has 1 amide bonds. The van der Waals surface area contributed by atoms with Crippen LogP contribution in [0.5, 0.6) is 5.75 Å². The van der Waals surface area contributed by atoms with Gasteiger partial charge in [-0.15, -0.1) is 0 Å². The van der Waals surface area contributed by atoms with Crippen molar-refractivity contribution in [3.63, 3.8) is 0 Å². The van der Waals surface area contributed by atoms with E-state index in [4.69, 9.17) is 9.47 Å². The first-order valence-electron chi connectivity index (χ1n) is 5.28. The quantitative estimate of drug-likeness (QED) is 0.874. The Kier molecular flexibility index (Phi) is 6.00. The molecule has 1 atom stereocenters. The van der Waals surface area contributed by atoms with Crippen LogP contribution >= 0.6 is 15.9 Å². The fourth-order valence-electron chi connectivity index (χ4n) is 1.29. The SMILES string of the molecule is COC[C@H](C)NC(=O)COc1ccc(Br)cc1. The summed E-state index contributed by atoms with van der Waals surface area (Å²) in [4.78, 5) is 11.5. The van der Waals surface area contributed by atoms with E-state index >= 15 is 0 Å². The summed E-state index contributed by atoms with van der Waals surface area (Å²) in [5.41, 5.74) is 0. The molecule has 0 heterocycles. The van der Waals surface area contributed by atoms with Crippen molar-refractivity contribution in [3.8, 4) is 5.75 Å². The average Bonchev–Trinajstić information content (AvgIpc) is 2.28. The molecule has 0 spiro atoms. The minimum Gasteiger partial charge on any atom is -0.484 e. The van der Waals surface area contributed by atoms with E-state index in [9.17, 15) is 4.79 Å². The molecule has 1 rings (SSSR count). The van der Waals surface area contributed by atoms with E-state index in [-0.39, 0.29) is 18.6 Å². The molecule has 0 aliphatic carbocycles. The van der Waals surface area contributed by atoms with Gasteiger partial charge in [0.1, 0.15) is 5.75 Å². The van der Waals surface area contributed by atoms with E-state index in [1.54, 1.807) is 19.2 Å². The Morgan fingerprint density at radius 3 is 2.65 bits per heavy atom.